The second-order valence-corrected chi connectivity index (χ2v) is 3.91. The molecule has 1 aromatic rings. The molecule has 2 unspecified atom stereocenters. The first kappa shape index (κ1) is 8.60. The normalized spacial score (nSPS) is 26.0. The van der Waals surface area contributed by atoms with Gasteiger partial charge < -0.3 is 9.88 Å². The van der Waals surface area contributed by atoms with Gasteiger partial charge >= 0.3 is 0 Å². The summed E-state index contributed by atoms with van der Waals surface area (Å²) in [5.74, 6) is 1.86. The molecule has 1 aromatic heterocycles. The molecule has 2 atom stereocenters. The van der Waals surface area contributed by atoms with Gasteiger partial charge in [0.05, 0.1) is 0 Å². The molecule has 13 heavy (non-hydrogen) atoms. The van der Waals surface area contributed by atoms with E-state index in [1.165, 1.54) is 6.42 Å². The molecule has 0 saturated heterocycles. The fourth-order valence-corrected chi connectivity index (χ4v) is 1.56. The summed E-state index contributed by atoms with van der Waals surface area (Å²) in [6.45, 7) is 5.51. The zero-order valence-corrected chi connectivity index (χ0v) is 8.33. The van der Waals surface area contributed by atoms with Crippen molar-refractivity contribution in [2.45, 2.75) is 39.3 Å². The van der Waals surface area contributed by atoms with Crippen molar-refractivity contribution in [3.8, 4) is 0 Å². The highest BCUT2D eigenvalue weighted by Crippen LogP contribution is 2.32. The van der Waals surface area contributed by atoms with Crippen LogP contribution in [0.15, 0.2) is 12.4 Å². The van der Waals surface area contributed by atoms with Crippen LogP contribution >= 0.6 is 0 Å². The van der Waals surface area contributed by atoms with Crippen LogP contribution < -0.4 is 5.32 Å². The first-order valence-corrected chi connectivity index (χ1v) is 5.09. The first-order chi connectivity index (χ1) is 6.31. The van der Waals surface area contributed by atoms with Gasteiger partial charge in [-0.05, 0) is 18.8 Å². The van der Waals surface area contributed by atoms with Crippen molar-refractivity contribution in [1.82, 2.24) is 9.55 Å². The lowest BCUT2D eigenvalue weighted by Crippen LogP contribution is -2.10. The summed E-state index contributed by atoms with van der Waals surface area (Å²) in [4.78, 5) is 4.30. The molecule has 1 aliphatic rings. The van der Waals surface area contributed by atoms with Crippen molar-refractivity contribution < 1.29 is 0 Å². The minimum atomic E-state index is 0.665. The summed E-state index contributed by atoms with van der Waals surface area (Å²) in [7, 11) is 0. The number of rotatable bonds is 4. The Labute approximate surface area is 79.2 Å². The maximum Gasteiger partial charge on any atom is 0.202 e. The number of nitrogens with one attached hydrogen (secondary N) is 1. The Morgan fingerprint density at radius 2 is 2.46 bits per heavy atom. The summed E-state index contributed by atoms with van der Waals surface area (Å²) in [5.41, 5.74) is 0. The van der Waals surface area contributed by atoms with E-state index in [9.17, 15) is 0 Å². The minimum absolute atomic E-state index is 0.665. The second-order valence-electron chi connectivity index (χ2n) is 3.91. The summed E-state index contributed by atoms with van der Waals surface area (Å²) >= 11 is 0. The molecular weight excluding hydrogens is 162 g/mol. The predicted octanol–water partition coefficient (Wildman–Crippen LogP) is 2.11. The molecule has 3 nitrogen and oxygen atoms in total. The van der Waals surface area contributed by atoms with Gasteiger partial charge in [-0.2, -0.15) is 0 Å². The van der Waals surface area contributed by atoms with Crippen LogP contribution in [0.4, 0.5) is 5.95 Å². The number of aromatic nitrogens is 2. The van der Waals surface area contributed by atoms with E-state index in [2.05, 4.69) is 28.7 Å². The van der Waals surface area contributed by atoms with E-state index in [1.54, 1.807) is 0 Å². The number of hydrogen-bond donors (Lipinski definition) is 1. The van der Waals surface area contributed by atoms with E-state index in [4.69, 9.17) is 0 Å². The van der Waals surface area contributed by atoms with Gasteiger partial charge in [0.25, 0.3) is 0 Å². The second kappa shape index (κ2) is 3.40. The minimum Gasteiger partial charge on any atom is -0.353 e. The van der Waals surface area contributed by atoms with E-state index in [0.717, 1.165) is 24.8 Å². The Bertz CT molecular complexity index is 279. The number of nitrogens with zero attached hydrogens (tertiary/aromatic N) is 2. The summed E-state index contributed by atoms with van der Waals surface area (Å²) in [6, 6.07) is 0.665. The third-order valence-electron chi connectivity index (χ3n) is 2.60. The number of imidazole rings is 1. The molecule has 1 aliphatic carbocycles. The van der Waals surface area contributed by atoms with Crippen LogP contribution in [0.3, 0.4) is 0 Å². The van der Waals surface area contributed by atoms with Crippen LogP contribution in [0.2, 0.25) is 0 Å². The monoisotopic (exact) mass is 179 g/mol. The van der Waals surface area contributed by atoms with E-state index in [0.29, 0.717) is 6.04 Å². The van der Waals surface area contributed by atoms with Gasteiger partial charge in [-0.25, -0.2) is 4.98 Å². The Hall–Kier alpha value is -0.990. The Morgan fingerprint density at radius 1 is 1.69 bits per heavy atom. The number of aryl methyl sites for hydroxylation is 1. The average molecular weight is 179 g/mol. The van der Waals surface area contributed by atoms with Crippen LogP contribution in [0.25, 0.3) is 0 Å². The highest BCUT2D eigenvalue weighted by atomic mass is 15.2. The van der Waals surface area contributed by atoms with Crippen LogP contribution in [-0.2, 0) is 6.54 Å². The molecular formula is C10H17N3. The van der Waals surface area contributed by atoms with Crippen LogP contribution in [-0.4, -0.2) is 15.6 Å². The lowest BCUT2D eigenvalue weighted by Gasteiger charge is -2.07. The van der Waals surface area contributed by atoms with Gasteiger partial charge in [-0.15, -0.1) is 0 Å². The molecule has 2 rings (SSSR count). The Morgan fingerprint density at radius 3 is 3.08 bits per heavy atom. The van der Waals surface area contributed by atoms with E-state index in [1.807, 2.05) is 12.4 Å². The molecule has 0 aromatic carbocycles. The quantitative estimate of drug-likeness (QED) is 0.767. The van der Waals surface area contributed by atoms with Crippen molar-refractivity contribution in [1.29, 1.82) is 0 Å². The fourth-order valence-electron chi connectivity index (χ4n) is 1.56. The van der Waals surface area contributed by atoms with Gasteiger partial charge in [-0.3, -0.25) is 0 Å². The zero-order valence-electron chi connectivity index (χ0n) is 8.33. The molecule has 0 bridgehead atoms. The van der Waals surface area contributed by atoms with Crippen molar-refractivity contribution in [2.24, 2.45) is 5.92 Å². The van der Waals surface area contributed by atoms with Gasteiger partial charge in [0, 0.05) is 25.0 Å². The van der Waals surface area contributed by atoms with Crippen LogP contribution in [0, 0.1) is 5.92 Å². The number of hydrogen-bond acceptors (Lipinski definition) is 2. The number of anilines is 1. The van der Waals surface area contributed by atoms with Crippen molar-refractivity contribution >= 4 is 5.95 Å². The fraction of sp³-hybridized carbons (Fsp3) is 0.700. The molecule has 1 fully saturated rings. The predicted molar refractivity (Wildman–Crippen MR) is 53.7 cm³/mol. The molecule has 1 saturated carbocycles. The molecule has 1 N–H and O–H groups in total. The third-order valence-corrected chi connectivity index (χ3v) is 2.60. The van der Waals surface area contributed by atoms with E-state index in [-0.39, 0.29) is 0 Å². The summed E-state index contributed by atoms with van der Waals surface area (Å²) < 4.78 is 2.19. The Kier molecular flexibility index (Phi) is 2.25. The highest BCUT2D eigenvalue weighted by Gasteiger charge is 2.33. The summed E-state index contributed by atoms with van der Waals surface area (Å²) in [5, 5.41) is 3.45. The lowest BCUT2D eigenvalue weighted by atomic mass is 10.4. The van der Waals surface area contributed by atoms with Gasteiger partial charge in [0.15, 0.2) is 0 Å². The van der Waals surface area contributed by atoms with Crippen LogP contribution in [0.5, 0.6) is 0 Å². The molecule has 0 aliphatic heterocycles. The smallest absolute Gasteiger partial charge is 0.202 e. The molecule has 0 radical (unpaired) electrons. The zero-order chi connectivity index (χ0) is 9.26. The van der Waals surface area contributed by atoms with Crippen LogP contribution in [0.1, 0.15) is 26.7 Å². The standard InChI is InChI=1S/C10H17N3/c1-3-5-13-6-4-11-10(13)12-9-7-8(9)2/h4,6,8-9H,3,5,7H2,1-2H3,(H,11,12). The van der Waals surface area contributed by atoms with Gasteiger partial charge in [-0.1, -0.05) is 13.8 Å². The molecule has 0 spiro atoms. The van der Waals surface area contributed by atoms with E-state index < -0.39 is 0 Å². The van der Waals surface area contributed by atoms with Crippen molar-refractivity contribution in [2.75, 3.05) is 5.32 Å². The third kappa shape index (κ3) is 1.85. The highest BCUT2D eigenvalue weighted by molar-refractivity contribution is 5.30. The molecule has 0 amide bonds. The SMILES string of the molecule is CCCn1ccnc1NC1CC1C. The summed E-state index contributed by atoms with van der Waals surface area (Å²) in [6.07, 6.45) is 6.36. The maximum absolute atomic E-state index is 4.30. The van der Waals surface area contributed by atoms with Gasteiger partial charge in [0.2, 0.25) is 5.95 Å². The maximum atomic E-state index is 4.30. The first-order valence-electron chi connectivity index (χ1n) is 5.09. The lowest BCUT2D eigenvalue weighted by molar-refractivity contribution is 0.680. The topological polar surface area (TPSA) is 29.9 Å². The van der Waals surface area contributed by atoms with Crippen molar-refractivity contribution in [3.63, 3.8) is 0 Å². The molecule has 72 valence electrons. The van der Waals surface area contributed by atoms with Gasteiger partial charge in [0.1, 0.15) is 0 Å². The van der Waals surface area contributed by atoms with Crippen molar-refractivity contribution in [3.05, 3.63) is 12.4 Å². The largest absolute Gasteiger partial charge is 0.353 e. The molecule has 3 heteroatoms. The molecule has 1 heterocycles. The average Bonchev–Trinajstić information content (AvgIpc) is 2.62. The Balaban J connectivity index is 1.98. The van der Waals surface area contributed by atoms with E-state index >= 15 is 0 Å².